The molecule has 0 saturated carbocycles. The molecule has 0 bridgehead atoms. The first-order valence-corrected chi connectivity index (χ1v) is 9.03. The normalized spacial score (nSPS) is 13.7. The standard InChI is InChI=1S/C20H19N3O7/c1-12-3-5-14(6-4-12)21-20(26)13(2)30-19(25)10-22-16-9-15(23(27)28)7-8-17(16)29-11-18(22)24/h3-9,13H,10-11H2,1-2H3,(H,21,26)/t13-/m0/s1. The second kappa shape index (κ2) is 8.60. The smallest absolute Gasteiger partial charge is 0.326 e. The van der Waals surface area contributed by atoms with Crippen LogP contribution in [0.2, 0.25) is 0 Å². The number of non-ortho nitro benzene ring substituents is 1. The quantitative estimate of drug-likeness (QED) is 0.437. The molecule has 0 spiro atoms. The van der Waals surface area contributed by atoms with Crippen molar-refractivity contribution in [3.05, 3.63) is 58.1 Å². The first kappa shape index (κ1) is 20.8. The van der Waals surface area contributed by atoms with Gasteiger partial charge in [0, 0.05) is 17.8 Å². The number of fused-ring (bicyclic) bond motifs is 1. The van der Waals surface area contributed by atoms with Gasteiger partial charge in [-0.25, -0.2) is 0 Å². The molecule has 0 unspecified atom stereocenters. The summed E-state index contributed by atoms with van der Waals surface area (Å²) in [6, 6.07) is 10.8. The van der Waals surface area contributed by atoms with Crippen LogP contribution in [0, 0.1) is 17.0 Å². The molecular weight excluding hydrogens is 394 g/mol. The summed E-state index contributed by atoms with van der Waals surface area (Å²) in [5.41, 5.74) is 1.42. The van der Waals surface area contributed by atoms with Gasteiger partial charge in [0.05, 0.1) is 10.6 Å². The van der Waals surface area contributed by atoms with Gasteiger partial charge in [-0.15, -0.1) is 0 Å². The van der Waals surface area contributed by atoms with Crippen LogP contribution >= 0.6 is 0 Å². The number of rotatable bonds is 6. The van der Waals surface area contributed by atoms with Crippen LogP contribution in [0.3, 0.4) is 0 Å². The van der Waals surface area contributed by atoms with E-state index in [1.54, 1.807) is 12.1 Å². The number of amides is 2. The lowest BCUT2D eigenvalue weighted by Gasteiger charge is -2.28. The predicted octanol–water partition coefficient (Wildman–Crippen LogP) is 2.20. The number of anilines is 2. The maximum Gasteiger partial charge on any atom is 0.326 e. The van der Waals surface area contributed by atoms with Gasteiger partial charge in [-0.2, -0.15) is 0 Å². The predicted molar refractivity (Wildman–Crippen MR) is 106 cm³/mol. The lowest BCUT2D eigenvalue weighted by molar-refractivity contribution is -0.384. The number of nitrogens with one attached hydrogen (secondary N) is 1. The molecule has 156 valence electrons. The van der Waals surface area contributed by atoms with Gasteiger partial charge in [-0.1, -0.05) is 17.7 Å². The molecule has 1 aliphatic heterocycles. The van der Waals surface area contributed by atoms with Gasteiger partial charge < -0.3 is 14.8 Å². The number of esters is 1. The number of nitro benzene ring substituents is 1. The average molecular weight is 413 g/mol. The highest BCUT2D eigenvalue weighted by atomic mass is 16.6. The van der Waals surface area contributed by atoms with E-state index in [2.05, 4.69) is 5.32 Å². The molecule has 1 heterocycles. The lowest BCUT2D eigenvalue weighted by Crippen LogP contribution is -2.43. The number of carbonyl (C=O) groups is 3. The molecular formula is C20H19N3O7. The van der Waals surface area contributed by atoms with E-state index in [-0.39, 0.29) is 23.7 Å². The summed E-state index contributed by atoms with van der Waals surface area (Å²) in [5.74, 6) is -1.69. The van der Waals surface area contributed by atoms with Crippen LogP contribution in [-0.2, 0) is 19.1 Å². The van der Waals surface area contributed by atoms with Crippen LogP contribution in [0.1, 0.15) is 12.5 Å². The Hall–Kier alpha value is -3.95. The number of nitrogens with zero attached hydrogens (tertiary/aromatic N) is 2. The van der Waals surface area contributed by atoms with E-state index in [0.29, 0.717) is 5.69 Å². The van der Waals surface area contributed by atoms with Crippen molar-refractivity contribution in [3.63, 3.8) is 0 Å². The summed E-state index contributed by atoms with van der Waals surface area (Å²) in [5, 5.41) is 13.6. The number of carbonyl (C=O) groups excluding carboxylic acids is 3. The molecule has 0 fully saturated rings. The number of benzene rings is 2. The molecule has 10 nitrogen and oxygen atoms in total. The monoisotopic (exact) mass is 413 g/mol. The number of ether oxygens (including phenoxy) is 2. The topological polar surface area (TPSA) is 128 Å². The highest BCUT2D eigenvalue weighted by Gasteiger charge is 2.30. The van der Waals surface area contributed by atoms with Crippen LogP contribution in [0.25, 0.3) is 0 Å². The SMILES string of the molecule is Cc1ccc(NC(=O)[C@H](C)OC(=O)CN2C(=O)COc3ccc([N+](=O)[O-])cc32)cc1. The molecule has 30 heavy (non-hydrogen) atoms. The molecule has 1 atom stereocenters. The van der Waals surface area contributed by atoms with Crippen molar-refractivity contribution in [3.8, 4) is 5.75 Å². The fraction of sp³-hybridized carbons (Fsp3) is 0.250. The van der Waals surface area contributed by atoms with Gasteiger partial charge in [0.25, 0.3) is 17.5 Å². The largest absolute Gasteiger partial charge is 0.482 e. The number of nitro groups is 1. The second-order valence-corrected chi connectivity index (χ2v) is 6.67. The summed E-state index contributed by atoms with van der Waals surface area (Å²) in [6.45, 7) is 2.48. The molecule has 2 aromatic carbocycles. The lowest BCUT2D eigenvalue weighted by atomic mass is 10.2. The summed E-state index contributed by atoms with van der Waals surface area (Å²) >= 11 is 0. The molecule has 2 amide bonds. The summed E-state index contributed by atoms with van der Waals surface area (Å²) in [6.07, 6.45) is -1.11. The van der Waals surface area contributed by atoms with Crippen molar-refractivity contribution in [2.45, 2.75) is 20.0 Å². The van der Waals surface area contributed by atoms with Gasteiger partial charge >= 0.3 is 5.97 Å². The molecule has 10 heteroatoms. The first-order chi connectivity index (χ1) is 14.2. The Morgan fingerprint density at radius 3 is 2.63 bits per heavy atom. The van der Waals surface area contributed by atoms with E-state index in [0.717, 1.165) is 16.5 Å². The Balaban J connectivity index is 1.66. The average Bonchev–Trinajstić information content (AvgIpc) is 2.71. The van der Waals surface area contributed by atoms with E-state index >= 15 is 0 Å². The van der Waals surface area contributed by atoms with E-state index < -0.39 is 35.4 Å². The van der Waals surface area contributed by atoms with E-state index in [9.17, 15) is 24.5 Å². The maximum absolute atomic E-state index is 12.3. The van der Waals surface area contributed by atoms with Crippen molar-refractivity contribution in [2.24, 2.45) is 0 Å². The van der Waals surface area contributed by atoms with Crippen LogP contribution in [-0.4, -0.2) is 42.0 Å². The zero-order chi connectivity index (χ0) is 21.8. The Labute approximate surface area is 171 Å². The third kappa shape index (κ3) is 4.72. The molecule has 1 N–H and O–H groups in total. The van der Waals surface area contributed by atoms with Crippen molar-refractivity contribution in [2.75, 3.05) is 23.4 Å². The number of aryl methyl sites for hydroxylation is 1. The summed E-state index contributed by atoms with van der Waals surface area (Å²) in [7, 11) is 0. The highest BCUT2D eigenvalue weighted by Crippen LogP contribution is 2.35. The number of hydrogen-bond acceptors (Lipinski definition) is 7. The van der Waals surface area contributed by atoms with Crippen LogP contribution < -0.4 is 15.0 Å². The van der Waals surface area contributed by atoms with Crippen molar-refractivity contribution < 1.29 is 28.8 Å². The zero-order valence-electron chi connectivity index (χ0n) is 16.3. The van der Waals surface area contributed by atoms with Crippen LogP contribution in [0.15, 0.2) is 42.5 Å². The minimum Gasteiger partial charge on any atom is -0.482 e. The van der Waals surface area contributed by atoms with Gasteiger partial charge in [0.2, 0.25) is 0 Å². The molecule has 0 aromatic heterocycles. The minimum absolute atomic E-state index is 0.0918. The third-order valence-corrected chi connectivity index (χ3v) is 4.38. The molecule has 3 rings (SSSR count). The van der Waals surface area contributed by atoms with E-state index in [1.807, 2.05) is 19.1 Å². The van der Waals surface area contributed by atoms with E-state index in [4.69, 9.17) is 9.47 Å². The zero-order valence-corrected chi connectivity index (χ0v) is 16.3. The van der Waals surface area contributed by atoms with Crippen LogP contribution in [0.4, 0.5) is 17.1 Å². The van der Waals surface area contributed by atoms with Gasteiger partial charge in [0.1, 0.15) is 12.3 Å². The van der Waals surface area contributed by atoms with Gasteiger partial charge in [0.15, 0.2) is 12.7 Å². The Bertz CT molecular complexity index is 1000. The maximum atomic E-state index is 12.3. The fourth-order valence-corrected chi connectivity index (χ4v) is 2.78. The van der Waals surface area contributed by atoms with Crippen molar-refractivity contribution in [1.82, 2.24) is 0 Å². The molecule has 1 aliphatic rings. The van der Waals surface area contributed by atoms with Crippen LogP contribution in [0.5, 0.6) is 5.75 Å². The molecule has 0 radical (unpaired) electrons. The minimum atomic E-state index is -1.11. The summed E-state index contributed by atoms with van der Waals surface area (Å²) in [4.78, 5) is 48.2. The van der Waals surface area contributed by atoms with E-state index in [1.165, 1.54) is 19.1 Å². The first-order valence-electron chi connectivity index (χ1n) is 9.03. The number of hydrogen-bond donors (Lipinski definition) is 1. The Morgan fingerprint density at radius 2 is 1.97 bits per heavy atom. The third-order valence-electron chi connectivity index (χ3n) is 4.38. The second-order valence-electron chi connectivity index (χ2n) is 6.67. The fourth-order valence-electron chi connectivity index (χ4n) is 2.78. The van der Waals surface area contributed by atoms with Crippen molar-refractivity contribution in [1.29, 1.82) is 0 Å². The molecule has 2 aromatic rings. The van der Waals surface area contributed by atoms with Crippen molar-refractivity contribution >= 4 is 34.8 Å². The Morgan fingerprint density at radius 1 is 1.27 bits per heavy atom. The molecule has 0 aliphatic carbocycles. The summed E-state index contributed by atoms with van der Waals surface area (Å²) < 4.78 is 10.4. The molecule has 0 saturated heterocycles. The Kier molecular flexibility index (Phi) is 5.95. The van der Waals surface area contributed by atoms with Gasteiger partial charge in [-0.05, 0) is 32.0 Å². The van der Waals surface area contributed by atoms with Gasteiger partial charge in [-0.3, -0.25) is 29.4 Å². The highest BCUT2D eigenvalue weighted by molar-refractivity contribution is 6.02.